The smallest absolute Gasteiger partial charge is 0.408 e. The topological polar surface area (TPSA) is 64.6 Å². The Morgan fingerprint density at radius 2 is 1.87 bits per heavy atom. The molecule has 0 aliphatic heterocycles. The van der Waals surface area contributed by atoms with Crippen molar-refractivity contribution in [1.29, 1.82) is 0 Å². The number of carbonyl (C=O) groups is 2. The van der Waals surface area contributed by atoms with E-state index in [9.17, 15) is 9.59 Å². The number of alkyl carbamates (subject to hydrolysis) is 1. The van der Waals surface area contributed by atoms with Crippen molar-refractivity contribution in [3.8, 4) is 0 Å². The maximum absolute atomic E-state index is 11.9. The number of Topliss-reactive ketones (excluding diaryl/α,β-unsaturated/α-hetero) is 1. The maximum Gasteiger partial charge on any atom is 0.408 e. The van der Waals surface area contributed by atoms with Gasteiger partial charge in [0.25, 0.3) is 0 Å². The van der Waals surface area contributed by atoms with Gasteiger partial charge in [-0.3, -0.25) is 4.79 Å². The molecule has 0 aromatic heterocycles. The standard InChI is InChI=1S/C17H24BrNO4/c1-17(2,3)23-16(21)19-14(15(20)11-18)9-10-22-12-13-7-5-4-6-8-13/h4-8,14H,9-12H2,1-3H3,(H,19,21)/t14-/m0/s1. The lowest BCUT2D eigenvalue weighted by Gasteiger charge is -2.22. The van der Waals surface area contributed by atoms with E-state index in [-0.39, 0.29) is 11.1 Å². The first-order valence-electron chi connectivity index (χ1n) is 7.51. The Balaban J connectivity index is 2.42. The van der Waals surface area contributed by atoms with E-state index in [2.05, 4.69) is 21.2 Å². The lowest BCUT2D eigenvalue weighted by atomic mass is 10.1. The molecule has 0 bridgehead atoms. The second kappa shape index (κ2) is 9.67. The Morgan fingerprint density at radius 3 is 2.43 bits per heavy atom. The predicted octanol–water partition coefficient (Wildman–Crippen LogP) is 3.45. The summed E-state index contributed by atoms with van der Waals surface area (Å²) >= 11 is 3.13. The summed E-state index contributed by atoms with van der Waals surface area (Å²) < 4.78 is 10.7. The third-order valence-electron chi connectivity index (χ3n) is 2.87. The van der Waals surface area contributed by atoms with Gasteiger partial charge in [-0.25, -0.2) is 4.79 Å². The molecule has 0 heterocycles. The fraction of sp³-hybridized carbons (Fsp3) is 0.529. The van der Waals surface area contributed by atoms with Gasteiger partial charge in [-0.05, 0) is 32.8 Å². The van der Waals surface area contributed by atoms with Crippen LogP contribution in [0, 0.1) is 0 Å². The highest BCUT2D eigenvalue weighted by atomic mass is 79.9. The van der Waals surface area contributed by atoms with Crippen LogP contribution in [-0.2, 0) is 20.9 Å². The molecule has 0 fully saturated rings. The van der Waals surface area contributed by atoms with Crippen molar-refractivity contribution in [1.82, 2.24) is 5.32 Å². The first-order valence-corrected chi connectivity index (χ1v) is 8.64. The predicted molar refractivity (Wildman–Crippen MR) is 92.7 cm³/mol. The second-order valence-electron chi connectivity index (χ2n) is 6.13. The molecule has 1 aromatic rings. The molecule has 5 nitrogen and oxygen atoms in total. The number of hydrogen-bond acceptors (Lipinski definition) is 4. The Morgan fingerprint density at radius 1 is 1.22 bits per heavy atom. The zero-order chi connectivity index (χ0) is 17.3. The molecule has 0 aliphatic carbocycles. The summed E-state index contributed by atoms with van der Waals surface area (Å²) in [5.74, 6) is -0.112. The van der Waals surface area contributed by atoms with Crippen LogP contribution in [0.15, 0.2) is 30.3 Å². The minimum atomic E-state index is -0.625. The van der Waals surface area contributed by atoms with Gasteiger partial charge in [0, 0.05) is 6.61 Å². The number of alkyl halides is 1. The largest absolute Gasteiger partial charge is 0.444 e. The zero-order valence-corrected chi connectivity index (χ0v) is 15.4. The molecular weight excluding hydrogens is 362 g/mol. The molecule has 23 heavy (non-hydrogen) atoms. The van der Waals surface area contributed by atoms with E-state index in [1.165, 1.54) is 0 Å². The van der Waals surface area contributed by atoms with Crippen LogP contribution in [0.2, 0.25) is 0 Å². The quantitative estimate of drug-likeness (QED) is 0.549. The average Bonchev–Trinajstić information content (AvgIpc) is 2.48. The lowest BCUT2D eigenvalue weighted by molar-refractivity contribution is -0.119. The maximum atomic E-state index is 11.9. The van der Waals surface area contributed by atoms with Gasteiger partial charge >= 0.3 is 6.09 Å². The van der Waals surface area contributed by atoms with Gasteiger partial charge < -0.3 is 14.8 Å². The van der Waals surface area contributed by atoms with Crippen LogP contribution in [0.1, 0.15) is 32.8 Å². The van der Waals surface area contributed by atoms with Gasteiger partial charge in [0.05, 0.1) is 18.0 Å². The summed E-state index contributed by atoms with van der Waals surface area (Å²) in [6, 6.07) is 9.15. The summed E-state index contributed by atoms with van der Waals surface area (Å²) in [5.41, 5.74) is 0.464. The zero-order valence-electron chi connectivity index (χ0n) is 13.8. The highest BCUT2D eigenvalue weighted by Crippen LogP contribution is 2.08. The second-order valence-corrected chi connectivity index (χ2v) is 6.69. The molecule has 1 amide bonds. The van der Waals surface area contributed by atoms with Crippen molar-refractivity contribution in [2.45, 2.75) is 45.4 Å². The van der Waals surface area contributed by atoms with Crippen molar-refractivity contribution in [3.63, 3.8) is 0 Å². The van der Waals surface area contributed by atoms with Gasteiger partial charge in [-0.2, -0.15) is 0 Å². The molecule has 128 valence electrons. The monoisotopic (exact) mass is 385 g/mol. The van der Waals surface area contributed by atoms with E-state index in [1.807, 2.05) is 30.3 Å². The fourth-order valence-corrected chi connectivity index (χ4v) is 2.21. The number of carbonyl (C=O) groups excluding carboxylic acids is 2. The Hall–Kier alpha value is -1.40. The van der Waals surface area contributed by atoms with E-state index in [1.54, 1.807) is 20.8 Å². The molecule has 1 N–H and O–H groups in total. The van der Waals surface area contributed by atoms with Gasteiger partial charge in [0.15, 0.2) is 5.78 Å². The highest BCUT2D eigenvalue weighted by Gasteiger charge is 2.23. The third kappa shape index (κ3) is 8.71. The number of halogens is 1. The van der Waals surface area contributed by atoms with Crippen molar-refractivity contribution in [3.05, 3.63) is 35.9 Å². The molecule has 1 atom stereocenters. The summed E-state index contributed by atoms with van der Waals surface area (Å²) in [7, 11) is 0. The first kappa shape index (κ1) is 19.6. The lowest BCUT2D eigenvalue weighted by Crippen LogP contribution is -2.44. The first-order chi connectivity index (χ1) is 10.8. The van der Waals surface area contributed by atoms with Crippen molar-refractivity contribution in [2.75, 3.05) is 11.9 Å². The van der Waals surface area contributed by atoms with Crippen molar-refractivity contribution >= 4 is 27.8 Å². The molecule has 0 spiro atoms. The normalized spacial score (nSPS) is 12.5. The molecule has 0 saturated carbocycles. The summed E-state index contributed by atoms with van der Waals surface area (Å²) in [6.07, 6.45) is -0.198. The molecule has 6 heteroatoms. The van der Waals surface area contributed by atoms with Crippen LogP contribution in [0.4, 0.5) is 4.79 Å². The minimum absolute atomic E-state index is 0.112. The van der Waals surface area contributed by atoms with Crippen LogP contribution in [0.5, 0.6) is 0 Å². The number of ether oxygens (including phenoxy) is 2. The summed E-state index contributed by atoms with van der Waals surface area (Å²) in [6.45, 7) is 6.17. The van der Waals surface area contributed by atoms with Gasteiger partial charge in [0.1, 0.15) is 5.60 Å². The number of ketones is 1. The summed E-state index contributed by atoms with van der Waals surface area (Å²) in [4.78, 5) is 23.7. The molecule has 0 saturated heterocycles. The number of hydrogen-bond donors (Lipinski definition) is 1. The van der Waals surface area contributed by atoms with E-state index >= 15 is 0 Å². The van der Waals surface area contributed by atoms with Crippen molar-refractivity contribution < 1.29 is 19.1 Å². The van der Waals surface area contributed by atoms with E-state index in [0.29, 0.717) is 19.6 Å². The fourth-order valence-electron chi connectivity index (χ4n) is 1.82. The van der Waals surface area contributed by atoms with E-state index < -0.39 is 17.7 Å². The van der Waals surface area contributed by atoms with Gasteiger partial charge in [-0.1, -0.05) is 46.3 Å². The minimum Gasteiger partial charge on any atom is -0.444 e. The van der Waals surface area contributed by atoms with Crippen molar-refractivity contribution in [2.24, 2.45) is 0 Å². The van der Waals surface area contributed by atoms with Gasteiger partial charge in [0.2, 0.25) is 0 Å². The molecule has 1 rings (SSSR count). The Labute approximate surface area is 145 Å². The van der Waals surface area contributed by atoms with Crippen LogP contribution in [0.3, 0.4) is 0 Å². The average molecular weight is 386 g/mol. The van der Waals surface area contributed by atoms with E-state index in [4.69, 9.17) is 9.47 Å². The highest BCUT2D eigenvalue weighted by molar-refractivity contribution is 9.09. The summed E-state index contributed by atoms with van der Waals surface area (Å²) in [5, 5.41) is 2.77. The molecule has 1 aromatic carbocycles. The Bertz CT molecular complexity index is 499. The molecule has 0 unspecified atom stereocenters. The molecule has 0 aliphatic rings. The van der Waals surface area contributed by atoms with E-state index in [0.717, 1.165) is 5.56 Å². The van der Waals surface area contributed by atoms with Gasteiger partial charge in [-0.15, -0.1) is 0 Å². The number of rotatable bonds is 8. The number of amides is 1. The Kier molecular flexibility index (Phi) is 8.26. The number of benzene rings is 1. The molecular formula is C17H24BrNO4. The van der Waals surface area contributed by atoms with Crippen LogP contribution >= 0.6 is 15.9 Å². The molecule has 0 radical (unpaired) electrons. The number of nitrogens with one attached hydrogen (secondary N) is 1. The SMILES string of the molecule is CC(C)(C)OC(=O)N[C@@H](CCOCc1ccccc1)C(=O)CBr. The van der Waals surface area contributed by atoms with Crippen LogP contribution in [0.25, 0.3) is 0 Å². The third-order valence-corrected chi connectivity index (χ3v) is 3.43. The van der Waals surface area contributed by atoms with Crippen LogP contribution < -0.4 is 5.32 Å². The van der Waals surface area contributed by atoms with Crippen LogP contribution in [-0.4, -0.2) is 35.5 Å².